The molecule has 0 heterocycles. The summed E-state index contributed by atoms with van der Waals surface area (Å²) >= 11 is 0. The van der Waals surface area contributed by atoms with Crippen molar-refractivity contribution in [2.45, 2.75) is 13.3 Å². The summed E-state index contributed by atoms with van der Waals surface area (Å²) in [7, 11) is -4.09. The number of nitrogens with one attached hydrogen (secondary N) is 1. The van der Waals surface area contributed by atoms with Crippen molar-refractivity contribution in [3.05, 3.63) is 29.8 Å². The fourth-order valence-electron chi connectivity index (χ4n) is 1.27. The third-order valence-corrected chi connectivity index (χ3v) is 4.08. The molecule has 0 aliphatic carbocycles. The zero-order chi connectivity index (χ0) is 14.5. The van der Waals surface area contributed by atoms with Gasteiger partial charge in [0.25, 0.3) is 0 Å². The zero-order valence-electron chi connectivity index (χ0n) is 10.1. The second kappa shape index (κ2) is 6.69. The maximum Gasteiger partial charge on any atom is 0.320 e. The van der Waals surface area contributed by atoms with E-state index in [9.17, 15) is 18.0 Å². The highest BCUT2D eigenvalue weighted by molar-refractivity contribution is 8.70. The first-order valence-corrected chi connectivity index (χ1v) is 8.31. The van der Waals surface area contributed by atoms with Crippen molar-refractivity contribution >= 4 is 37.3 Å². The molecule has 104 valence electrons. The van der Waals surface area contributed by atoms with Gasteiger partial charge in [0.2, 0.25) is 5.91 Å². The number of hydrogen-bond donors (Lipinski definition) is 2. The number of hydrogen-bond acceptors (Lipinski definition) is 5. The van der Waals surface area contributed by atoms with Crippen molar-refractivity contribution in [2.75, 3.05) is 11.1 Å². The van der Waals surface area contributed by atoms with Crippen molar-refractivity contribution in [1.82, 2.24) is 0 Å². The summed E-state index contributed by atoms with van der Waals surface area (Å²) in [4.78, 5) is 22.7. The van der Waals surface area contributed by atoms with Gasteiger partial charge in [-0.15, -0.1) is 0 Å². The first-order valence-electron chi connectivity index (χ1n) is 5.37. The Morgan fingerprint density at radius 3 is 2.32 bits per heavy atom. The van der Waals surface area contributed by atoms with Crippen molar-refractivity contribution in [1.29, 1.82) is 0 Å². The highest BCUT2D eigenvalue weighted by Crippen LogP contribution is 2.13. The van der Waals surface area contributed by atoms with Gasteiger partial charge in [0.15, 0.2) is 5.78 Å². The van der Waals surface area contributed by atoms with Crippen LogP contribution in [-0.2, 0) is 13.9 Å². The molecule has 19 heavy (non-hydrogen) atoms. The van der Waals surface area contributed by atoms with Gasteiger partial charge >= 0.3 is 9.15 Å². The third kappa shape index (κ3) is 5.86. The average molecular weight is 303 g/mol. The minimum absolute atomic E-state index is 0.000180. The monoisotopic (exact) mass is 303 g/mol. The Bertz CT molecular complexity index is 565. The lowest BCUT2D eigenvalue weighted by molar-refractivity contribution is -0.113. The van der Waals surface area contributed by atoms with Gasteiger partial charge in [0.05, 0.1) is 5.75 Å². The molecule has 8 heteroatoms. The smallest absolute Gasteiger partial charge is 0.320 e. The second-order valence-electron chi connectivity index (χ2n) is 3.59. The van der Waals surface area contributed by atoms with Crippen LogP contribution in [0.5, 0.6) is 0 Å². The summed E-state index contributed by atoms with van der Waals surface area (Å²) in [6, 6.07) is 6.27. The summed E-state index contributed by atoms with van der Waals surface area (Å²) < 4.78 is 29.4. The Morgan fingerprint density at radius 2 is 1.84 bits per heavy atom. The Kier molecular flexibility index (Phi) is 5.52. The second-order valence-corrected chi connectivity index (χ2v) is 6.94. The summed E-state index contributed by atoms with van der Waals surface area (Å²) in [5.74, 6) is -0.967. The van der Waals surface area contributed by atoms with E-state index >= 15 is 0 Å². The van der Waals surface area contributed by atoms with Gasteiger partial charge < -0.3 is 5.32 Å². The van der Waals surface area contributed by atoms with Crippen LogP contribution in [0.25, 0.3) is 0 Å². The van der Waals surface area contributed by atoms with Crippen molar-refractivity contribution in [3.8, 4) is 0 Å². The van der Waals surface area contributed by atoms with E-state index in [-0.39, 0.29) is 16.6 Å². The molecular weight excluding hydrogens is 290 g/mol. The Hall–Kier alpha value is -1.38. The fraction of sp³-hybridized carbons (Fsp3) is 0.273. The van der Waals surface area contributed by atoms with Gasteiger partial charge in [-0.2, -0.15) is 8.42 Å². The predicted molar refractivity (Wildman–Crippen MR) is 73.7 cm³/mol. The van der Waals surface area contributed by atoms with Gasteiger partial charge in [-0.05, 0) is 24.3 Å². The largest absolute Gasteiger partial charge is 0.325 e. The summed E-state index contributed by atoms with van der Waals surface area (Å²) in [6.07, 6.45) is 0.400. The number of amides is 1. The first kappa shape index (κ1) is 15.7. The lowest BCUT2D eigenvalue weighted by Crippen LogP contribution is -2.15. The van der Waals surface area contributed by atoms with E-state index in [0.717, 1.165) is 0 Å². The number of benzene rings is 1. The van der Waals surface area contributed by atoms with Crippen LogP contribution in [0, 0.1) is 0 Å². The maximum absolute atomic E-state index is 11.4. The lowest BCUT2D eigenvalue weighted by atomic mass is 10.1. The van der Waals surface area contributed by atoms with Crippen LogP contribution in [0.4, 0.5) is 5.69 Å². The van der Waals surface area contributed by atoms with Crippen LogP contribution in [0.15, 0.2) is 24.3 Å². The van der Waals surface area contributed by atoms with E-state index in [1.54, 1.807) is 31.2 Å². The molecule has 0 bridgehead atoms. The highest BCUT2D eigenvalue weighted by Gasteiger charge is 2.10. The molecule has 1 aromatic rings. The van der Waals surface area contributed by atoms with E-state index in [1.165, 1.54) is 0 Å². The Labute approximate surface area is 114 Å². The van der Waals surface area contributed by atoms with Gasteiger partial charge in [0.1, 0.15) is 0 Å². The topological polar surface area (TPSA) is 101 Å². The normalized spacial score (nSPS) is 11.1. The molecule has 6 nitrogen and oxygen atoms in total. The lowest BCUT2D eigenvalue weighted by Gasteiger charge is -2.05. The van der Waals surface area contributed by atoms with Crippen LogP contribution >= 0.6 is 10.8 Å². The number of Topliss-reactive ketones (excluding diaryl/α,β-unsaturated/α-hetero) is 1. The van der Waals surface area contributed by atoms with Gasteiger partial charge in [-0.1, -0.05) is 6.92 Å². The summed E-state index contributed by atoms with van der Waals surface area (Å²) in [5, 5.41) is 2.45. The van der Waals surface area contributed by atoms with Gasteiger partial charge in [-0.3, -0.25) is 14.1 Å². The van der Waals surface area contributed by atoms with Gasteiger partial charge in [-0.25, -0.2) is 0 Å². The molecule has 0 fully saturated rings. The third-order valence-electron chi connectivity index (χ3n) is 2.15. The molecule has 0 aliphatic rings. The minimum Gasteiger partial charge on any atom is -0.325 e. The van der Waals surface area contributed by atoms with Crippen LogP contribution in [-0.4, -0.2) is 30.4 Å². The average Bonchev–Trinajstić information content (AvgIpc) is 2.35. The number of rotatable bonds is 6. The van der Waals surface area contributed by atoms with E-state index in [1.807, 2.05) is 0 Å². The van der Waals surface area contributed by atoms with E-state index in [4.69, 9.17) is 4.55 Å². The number of carbonyl (C=O) groups excluding carboxylic acids is 2. The van der Waals surface area contributed by atoms with E-state index in [2.05, 4.69) is 5.32 Å². The quantitative estimate of drug-likeness (QED) is 0.472. The molecule has 1 amide bonds. The molecule has 0 spiro atoms. The molecule has 0 atom stereocenters. The molecule has 1 aromatic carbocycles. The van der Waals surface area contributed by atoms with E-state index in [0.29, 0.717) is 17.7 Å². The molecule has 1 rings (SSSR count). The predicted octanol–water partition coefficient (Wildman–Crippen LogP) is 1.75. The van der Waals surface area contributed by atoms with Crippen molar-refractivity contribution in [2.24, 2.45) is 0 Å². The molecule has 0 saturated carbocycles. The molecule has 0 aliphatic heterocycles. The van der Waals surface area contributed by atoms with Crippen LogP contribution in [0.2, 0.25) is 0 Å². The summed E-state index contributed by atoms with van der Waals surface area (Å²) in [5.41, 5.74) is 1.00. The molecule has 0 saturated heterocycles. The Balaban J connectivity index is 2.58. The van der Waals surface area contributed by atoms with E-state index < -0.39 is 20.8 Å². The SMILES string of the molecule is CCC(=O)c1ccc(NC(=O)CSS(=O)(=O)O)cc1. The molecule has 0 unspecified atom stereocenters. The van der Waals surface area contributed by atoms with Crippen molar-refractivity contribution in [3.63, 3.8) is 0 Å². The van der Waals surface area contributed by atoms with Crippen LogP contribution < -0.4 is 5.32 Å². The Morgan fingerprint density at radius 1 is 1.26 bits per heavy atom. The molecule has 0 radical (unpaired) electrons. The molecule has 2 N–H and O–H groups in total. The molecular formula is C11H13NO5S2. The maximum atomic E-state index is 11.4. The number of ketones is 1. The molecule has 0 aromatic heterocycles. The minimum atomic E-state index is -4.22. The summed E-state index contributed by atoms with van der Waals surface area (Å²) in [6.45, 7) is 1.75. The van der Waals surface area contributed by atoms with Crippen molar-refractivity contribution < 1.29 is 22.6 Å². The van der Waals surface area contributed by atoms with Crippen LogP contribution in [0.1, 0.15) is 23.7 Å². The van der Waals surface area contributed by atoms with Crippen LogP contribution in [0.3, 0.4) is 0 Å². The first-order chi connectivity index (χ1) is 8.81. The fourth-order valence-corrected chi connectivity index (χ4v) is 2.36. The highest BCUT2D eigenvalue weighted by atomic mass is 33.1. The zero-order valence-corrected chi connectivity index (χ0v) is 11.8. The van der Waals surface area contributed by atoms with Gasteiger partial charge in [0, 0.05) is 28.5 Å². The standard InChI is InChI=1S/C11H13NO5S2/c1-2-10(13)8-3-5-9(6-4-8)12-11(14)7-18-19(15,16)17/h3-6H,2,7H2,1H3,(H,12,14)(H,15,16,17). The number of carbonyl (C=O) groups is 2. The number of anilines is 1.